The molecule has 2 aromatic heterocycles. The normalized spacial score (nSPS) is 13.4. The van der Waals surface area contributed by atoms with E-state index < -0.39 is 0 Å². The van der Waals surface area contributed by atoms with Crippen molar-refractivity contribution in [3.63, 3.8) is 0 Å². The molecule has 1 fully saturated rings. The molecule has 1 N–H and O–H groups in total. The standard InChI is InChI=1S/C23H26N4O2S/c1-17-4-6-20(7-5-17)29-15-23-26-19(16-30-23)13-22(28)25-14-18-8-9-24-21(12-18)27-10-2-3-11-27/h4-9,12,16H,2-3,10-11,13-15H2,1H3,(H,25,28). The summed E-state index contributed by atoms with van der Waals surface area (Å²) in [6.07, 6.45) is 4.52. The number of aromatic nitrogens is 2. The first kappa shape index (κ1) is 20.3. The highest BCUT2D eigenvalue weighted by molar-refractivity contribution is 7.09. The van der Waals surface area contributed by atoms with Gasteiger partial charge in [-0.25, -0.2) is 9.97 Å². The van der Waals surface area contributed by atoms with Crippen LogP contribution in [0.4, 0.5) is 5.82 Å². The van der Waals surface area contributed by atoms with Crippen LogP contribution in [0.15, 0.2) is 48.0 Å². The molecule has 0 spiro atoms. The zero-order chi connectivity index (χ0) is 20.8. The Morgan fingerprint density at radius 3 is 2.80 bits per heavy atom. The van der Waals surface area contributed by atoms with Gasteiger partial charge in [0.05, 0.1) is 12.1 Å². The predicted molar refractivity (Wildman–Crippen MR) is 119 cm³/mol. The summed E-state index contributed by atoms with van der Waals surface area (Å²) < 4.78 is 5.76. The molecule has 0 unspecified atom stereocenters. The van der Waals surface area contributed by atoms with Crippen LogP contribution in [-0.2, 0) is 24.4 Å². The molecule has 1 saturated heterocycles. The summed E-state index contributed by atoms with van der Waals surface area (Å²) in [5.74, 6) is 1.78. The van der Waals surface area contributed by atoms with Gasteiger partial charge in [0.25, 0.3) is 0 Å². The van der Waals surface area contributed by atoms with Crippen molar-refractivity contribution in [2.75, 3.05) is 18.0 Å². The monoisotopic (exact) mass is 422 g/mol. The lowest BCUT2D eigenvalue weighted by Crippen LogP contribution is -2.25. The van der Waals surface area contributed by atoms with Crippen molar-refractivity contribution >= 4 is 23.1 Å². The second-order valence-corrected chi connectivity index (χ2v) is 8.45. The predicted octanol–water partition coefficient (Wildman–Crippen LogP) is 3.88. The van der Waals surface area contributed by atoms with Gasteiger partial charge < -0.3 is 15.0 Å². The highest BCUT2D eigenvalue weighted by atomic mass is 32.1. The number of nitrogens with zero attached hydrogens (tertiary/aromatic N) is 3. The molecule has 3 heterocycles. The van der Waals surface area contributed by atoms with E-state index in [0.29, 0.717) is 13.2 Å². The van der Waals surface area contributed by atoms with Gasteiger partial charge in [-0.1, -0.05) is 17.7 Å². The van der Waals surface area contributed by atoms with Gasteiger partial charge in [-0.3, -0.25) is 4.79 Å². The maximum absolute atomic E-state index is 12.3. The number of rotatable bonds is 8. The van der Waals surface area contributed by atoms with Gasteiger partial charge in [0, 0.05) is 31.2 Å². The lowest BCUT2D eigenvalue weighted by Gasteiger charge is -2.16. The van der Waals surface area contributed by atoms with Gasteiger partial charge >= 0.3 is 0 Å². The molecule has 0 aliphatic carbocycles. The number of aryl methyl sites for hydroxylation is 1. The fraction of sp³-hybridized carbons (Fsp3) is 0.348. The molecule has 1 aromatic carbocycles. The van der Waals surface area contributed by atoms with Gasteiger partial charge in [0.1, 0.15) is 23.2 Å². The molecule has 3 aromatic rings. The summed E-state index contributed by atoms with van der Waals surface area (Å²) in [5.41, 5.74) is 3.03. The molecule has 1 aliphatic heterocycles. The third-order valence-corrected chi connectivity index (χ3v) is 5.93. The molecule has 0 radical (unpaired) electrons. The van der Waals surface area contributed by atoms with Crippen LogP contribution in [0.2, 0.25) is 0 Å². The smallest absolute Gasteiger partial charge is 0.226 e. The summed E-state index contributed by atoms with van der Waals surface area (Å²) in [7, 11) is 0. The van der Waals surface area contributed by atoms with Crippen molar-refractivity contribution in [1.29, 1.82) is 0 Å². The highest BCUT2D eigenvalue weighted by Gasteiger charge is 2.14. The average molecular weight is 423 g/mol. The maximum Gasteiger partial charge on any atom is 0.226 e. The van der Waals surface area contributed by atoms with Crippen LogP contribution in [-0.4, -0.2) is 29.0 Å². The average Bonchev–Trinajstić information content (AvgIpc) is 3.45. The van der Waals surface area contributed by atoms with Crippen LogP contribution >= 0.6 is 11.3 Å². The number of benzene rings is 1. The second-order valence-electron chi connectivity index (χ2n) is 7.50. The Bertz CT molecular complexity index is 981. The molecule has 1 aliphatic rings. The van der Waals surface area contributed by atoms with E-state index in [-0.39, 0.29) is 12.3 Å². The molecule has 0 saturated carbocycles. The van der Waals surface area contributed by atoms with E-state index in [9.17, 15) is 4.79 Å². The first-order valence-corrected chi connectivity index (χ1v) is 11.1. The number of amides is 1. The van der Waals surface area contributed by atoms with Gasteiger partial charge in [-0.05, 0) is 49.6 Å². The topological polar surface area (TPSA) is 67.3 Å². The SMILES string of the molecule is Cc1ccc(OCc2nc(CC(=O)NCc3ccnc(N4CCCC4)c3)cs2)cc1. The number of ether oxygens (including phenoxy) is 1. The van der Waals surface area contributed by atoms with Crippen LogP contribution in [0.1, 0.15) is 34.7 Å². The molecule has 30 heavy (non-hydrogen) atoms. The fourth-order valence-electron chi connectivity index (χ4n) is 3.39. The minimum absolute atomic E-state index is 0.0363. The number of anilines is 1. The molecule has 0 atom stereocenters. The van der Waals surface area contributed by atoms with E-state index in [1.165, 1.54) is 29.7 Å². The summed E-state index contributed by atoms with van der Waals surface area (Å²) in [4.78, 5) is 23.6. The third kappa shape index (κ3) is 5.57. The molecule has 4 rings (SSSR count). The lowest BCUT2D eigenvalue weighted by molar-refractivity contribution is -0.120. The first-order chi connectivity index (χ1) is 14.7. The Kier molecular flexibility index (Phi) is 6.59. The molecule has 1 amide bonds. The molecule has 156 valence electrons. The van der Waals surface area contributed by atoms with E-state index in [1.54, 1.807) is 0 Å². The molecule has 6 nitrogen and oxygen atoms in total. The van der Waals surface area contributed by atoms with E-state index in [1.807, 2.05) is 48.8 Å². The summed E-state index contributed by atoms with van der Waals surface area (Å²) >= 11 is 1.51. The van der Waals surface area contributed by atoms with Crippen LogP contribution < -0.4 is 15.0 Å². The third-order valence-electron chi connectivity index (χ3n) is 5.05. The van der Waals surface area contributed by atoms with Crippen molar-refractivity contribution in [3.8, 4) is 5.75 Å². The van der Waals surface area contributed by atoms with Gasteiger partial charge in [0.15, 0.2) is 0 Å². The Morgan fingerprint density at radius 1 is 1.20 bits per heavy atom. The minimum Gasteiger partial charge on any atom is -0.486 e. The summed E-state index contributed by atoms with van der Waals surface area (Å²) in [5, 5.41) is 5.77. The van der Waals surface area contributed by atoms with Crippen LogP contribution in [0.3, 0.4) is 0 Å². The van der Waals surface area contributed by atoms with Crippen LogP contribution in [0, 0.1) is 6.92 Å². The lowest BCUT2D eigenvalue weighted by atomic mass is 10.2. The van der Waals surface area contributed by atoms with Crippen LogP contribution in [0.5, 0.6) is 5.75 Å². The number of pyridine rings is 1. The van der Waals surface area contributed by atoms with Crippen molar-refractivity contribution in [3.05, 3.63) is 69.8 Å². The molecular formula is C23H26N4O2S. The van der Waals surface area contributed by atoms with Gasteiger partial charge in [0.2, 0.25) is 5.91 Å². The van der Waals surface area contributed by atoms with Crippen molar-refractivity contribution in [1.82, 2.24) is 15.3 Å². The second kappa shape index (κ2) is 9.71. The number of thiazole rings is 1. The zero-order valence-electron chi connectivity index (χ0n) is 17.1. The number of hydrogen-bond donors (Lipinski definition) is 1. The Balaban J connectivity index is 1.24. The fourth-order valence-corrected chi connectivity index (χ4v) is 4.10. The van der Waals surface area contributed by atoms with Crippen molar-refractivity contribution in [2.45, 2.75) is 39.3 Å². The van der Waals surface area contributed by atoms with Gasteiger partial charge in [-0.2, -0.15) is 0 Å². The molecular weight excluding hydrogens is 396 g/mol. The summed E-state index contributed by atoms with van der Waals surface area (Å²) in [6.45, 7) is 5.07. The van der Waals surface area contributed by atoms with Crippen molar-refractivity contribution < 1.29 is 9.53 Å². The summed E-state index contributed by atoms with van der Waals surface area (Å²) in [6, 6.07) is 11.9. The quantitative estimate of drug-likeness (QED) is 0.597. The number of carbonyl (C=O) groups excluding carboxylic acids is 1. The zero-order valence-corrected chi connectivity index (χ0v) is 18.0. The first-order valence-electron chi connectivity index (χ1n) is 10.2. The number of hydrogen-bond acceptors (Lipinski definition) is 6. The molecule has 0 bridgehead atoms. The number of carbonyl (C=O) groups is 1. The van der Waals surface area contributed by atoms with E-state index in [2.05, 4.69) is 26.3 Å². The Labute approximate surface area is 180 Å². The maximum atomic E-state index is 12.3. The number of nitrogens with one attached hydrogen (secondary N) is 1. The highest BCUT2D eigenvalue weighted by Crippen LogP contribution is 2.19. The van der Waals surface area contributed by atoms with Crippen LogP contribution in [0.25, 0.3) is 0 Å². The Hall–Kier alpha value is -2.93. The Morgan fingerprint density at radius 2 is 2.00 bits per heavy atom. The minimum atomic E-state index is -0.0363. The van der Waals surface area contributed by atoms with E-state index in [4.69, 9.17) is 4.74 Å². The largest absolute Gasteiger partial charge is 0.486 e. The van der Waals surface area contributed by atoms with E-state index in [0.717, 1.165) is 40.9 Å². The molecule has 7 heteroatoms. The van der Waals surface area contributed by atoms with Crippen molar-refractivity contribution in [2.24, 2.45) is 0 Å². The van der Waals surface area contributed by atoms with E-state index >= 15 is 0 Å². The van der Waals surface area contributed by atoms with Gasteiger partial charge in [-0.15, -0.1) is 11.3 Å².